The monoisotopic (exact) mass is 335 g/mol. The zero-order chi connectivity index (χ0) is 17.4. The lowest BCUT2D eigenvalue weighted by Crippen LogP contribution is -2.49. The molecule has 1 fully saturated rings. The maximum absolute atomic E-state index is 12.9. The summed E-state index contributed by atoms with van der Waals surface area (Å²) in [5.41, 5.74) is 0.967. The Morgan fingerprint density at radius 2 is 1.88 bits per heavy atom. The number of halogens is 1. The van der Waals surface area contributed by atoms with Gasteiger partial charge in [0.1, 0.15) is 5.82 Å². The van der Waals surface area contributed by atoms with E-state index in [1.165, 1.54) is 12.1 Å². The van der Waals surface area contributed by atoms with Gasteiger partial charge < -0.3 is 15.5 Å². The second-order valence-electron chi connectivity index (χ2n) is 6.18. The van der Waals surface area contributed by atoms with E-state index in [4.69, 9.17) is 0 Å². The first-order chi connectivity index (χ1) is 11.6. The Hall–Kier alpha value is -2.11. The van der Waals surface area contributed by atoms with Crippen LogP contribution < -0.4 is 10.6 Å². The van der Waals surface area contributed by atoms with Crippen LogP contribution in [0.2, 0.25) is 0 Å². The first-order valence-electron chi connectivity index (χ1n) is 8.65. The predicted molar refractivity (Wildman–Crippen MR) is 91.1 cm³/mol. The molecule has 5 nitrogen and oxygen atoms in total. The molecule has 132 valence electrons. The van der Waals surface area contributed by atoms with E-state index in [-0.39, 0.29) is 23.8 Å². The van der Waals surface area contributed by atoms with Crippen LogP contribution in [0.25, 0.3) is 0 Å². The molecule has 0 atom stereocenters. The molecule has 2 N–H and O–H groups in total. The van der Waals surface area contributed by atoms with Gasteiger partial charge in [0, 0.05) is 32.1 Å². The molecule has 6 heteroatoms. The molecule has 1 saturated heterocycles. The van der Waals surface area contributed by atoms with Crippen molar-refractivity contribution in [3.63, 3.8) is 0 Å². The van der Waals surface area contributed by atoms with Gasteiger partial charge in [0.05, 0.1) is 0 Å². The van der Waals surface area contributed by atoms with E-state index < -0.39 is 0 Å². The molecule has 0 aliphatic carbocycles. The van der Waals surface area contributed by atoms with Gasteiger partial charge in [-0.05, 0) is 43.4 Å². The molecular formula is C18H26FN3O2. The summed E-state index contributed by atoms with van der Waals surface area (Å²) in [6.45, 7) is 4.02. The van der Waals surface area contributed by atoms with Crippen LogP contribution in [-0.2, 0) is 11.2 Å². The summed E-state index contributed by atoms with van der Waals surface area (Å²) in [5, 5.41) is 5.75. The molecule has 1 aromatic carbocycles. The highest BCUT2D eigenvalue weighted by Crippen LogP contribution is 2.13. The number of hydrogen-bond acceptors (Lipinski definition) is 2. The molecular weight excluding hydrogens is 309 g/mol. The van der Waals surface area contributed by atoms with E-state index in [1.54, 1.807) is 12.1 Å². The van der Waals surface area contributed by atoms with Crippen LogP contribution in [0, 0.1) is 5.82 Å². The summed E-state index contributed by atoms with van der Waals surface area (Å²) in [7, 11) is 0. The van der Waals surface area contributed by atoms with Crippen molar-refractivity contribution < 1.29 is 14.0 Å². The number of aryl methyl sites for hydroxylation is 1. The lowest BCUT2D eigenvalue weighted by Gasteiger charge is -2.32. The van der Waals surface area contributed by atoms with Crippen molar-refractivity contribution in [1.29, 1.82) is 0 Å². The van der Waals surface area contributed by atoms with Crippen LogP contribution in [0.15, 0.2) is 24.3 Å². The lowest BCUT2D eigenvalue weighted by molar-refractivity contribution is -0.132. The van der Waals surface area contributed by atoms with Gasteiger partial charge >= 0.3 is 6.03 Å². The molecule has 1 aromatic rings. The smallest absolute Gasteiger partial charge is 0.315 e. The van der Waals surface area contributed by atoms with Gasteiger partial charge in [0.2, 0.25) is 5.91 Å². The fraction of sp³-hybridized carbons (Fsp3) is 0.556. The first kappa shape index (κ1) is 18.2. The molecule has 1 heterocycles. The van der Waals surface area contributed by atoms with Gasteiger partial charge in [-0.3, -0.25) is 4.79 Å². The third-order valence-corrected chi connectivity index (χ3v) is 4.26. The molecule has 0 saturated carbocycles. The van der Waals surface area contributed by atoms with Gasteiger partial charge in [-0.15, -0.1) is 0 Å². The van der Waals surface area contributed by atoms with Crippen LogP contribution in [0.3, 0.4) is 0 Å². The van der Waals surface area contributed by atoms with Crippen molar-refractivity contribution in [3.8, 4) is 0 Å². The van der Waals surface area contributed by atoms with Gasteiger partial charge in [0.25, 0.3) is 0 Å². The number of nitrogens with one attached hydrogen (secondary N) is 2. The fourth-order valence-corrected chi connectivity index (χ4v) is 2.81. The number of benzene rings is 1. The largest absolute Gasteiger partial charge is 0.343 e. The zero-order valence-corrected chi connectivity index (χ0v) is 14.2. The normalized spacial score (nSPS) is 15.2. The highest BCUT2D eigenvalue weighted by atomic mass is 19.1. The Morgan fingerprint density at radius 1 is 1.21 bits per heavy atom. The summed E-state index contributed by atoms with van der Waals surface area (Å²) < 4.78 is 12.9. The maximum Gasteiger partial charge on any atom is 0.315 e. The molecule has 0 bridgehead atoms. The van der Waals surface area contributed by atoms with Crippen molar-refractivity contribution in [2.75, 3.05) is 19.6 Å². The van der Waals surface area contributed by atoms with Crippen molar-refractivity contribution in [1.82, 2.24) is 15.5 Å². The second kappa shape index (κ2) is 9.25. The standard InChI is InChI=1S/C18H26FN3O2/c1-2-11-20-18(24)21-16-9-12-22(13-10-16)17(23)8-5-14-3-6-15(19)7-4-14/h3-4,6-7,16H,2,5,8-13H2,1H3,(H2,20,21,24). The Kier molecular flexibility index (Phi) is 7.03. The second-order valence-corrected chi connectivity index (χ2v) is 6.18. The number of hydrogen-bond donors (Lipinski definition) is 2. The van der Waals surface area contributed by atoms with Gasteiger partial charge in [-0.25, -0.2) is 9.18 Å². The Balaban J connectivity index is 1.68. The summed E-state index contributed by atoms with van der Waals surface area (Å²) in [5.74, 6) is -0.143. The average molecular weight is 335 g/mol. The molecule has 1 aliphatic rings. The van der Waals surface area contributed by atoms with Crippen molar-refractivity contribution in [3.05, 3.63) is 35.6 Å². The molecule has 0 aromatic heterocycles. The highest BCUT2D eigenvalue weighted by molar-refractivity contribution is 5.77. The van der Waals surface area contributed by atoms with Gasteiger partial charge in [0.15, 0.2) is 0 Å². The minimum absolute atomic E-state index is 0.119. The number of amides is 3. The third-order valence-electron chi connectivity index (χ3n) is 4.26. The van der Waals surface area contributed by atoms with Crippen LogP contribution in [0.1, 0.15) is 38.2 Å². The number of nitrogens with zero attached hydrogens (tertiary/aromatic N) is 1. The van der Waals surface area contributed by atoms with E-state index in [0.29, 0.717) is 32.5 Å². The summed E-state index contributed by atoms with van der Waals surface area (Å²) in [6, 6.07) is 6.27. The molecule has 3 amide bonds. The minimum Gasteiger partial charge on any atom is -0.343 e. The van der Waals surface area contributed by atoms with Crippen molar-refractivity contribution in [2.24, 2.45) is 0 Å². The average Bonchev–Trinajstić information content (AvgIpc) is 2.60. The Labute approximate surface area is 142 Å². The van der Waals surface area contributed by atoms with Crippen molar-refractivity contribution in [2.45, 2.75) is 45.1 Å². The summed E-state index contributed by atoms with van der Waals surface area (Å²) in [4.78, 5) is 25.8. The maximum atomic E-state index is 12.9. The number of carbonyl (C=O) groups is 2. The van der Waals surface area contributed by atoms with Crippen LogP contribution in [0.4, 0.5) is 9.18 Å². The van der Waals surface area contributed by atoms with E-state index in [9.17, 15) is 14.0 Å². The predicted octanol–water partition coefficient (Wildman–Crippen LogP) is 2.46. The van der Waals surface area contributed by atoms with Crippen LogP contribution >= 0.6 is 0 Å². The first-order valence-corrected chi connectivity index (χ1v) is 8.65. The summed E-state index contributed by atoms with van der Waals surface area (Å²) >= 11 is 0. The molecule has 0 radical (unpaired) electrons. The van der Waals surface area contributed by atoms with Crippen LogP contribution in [-0.4, -0.2) is 42.5 Å². The number of carbonyl (C=O) groups excluding carboxylic acids is 2. The summed E-state index contributed by atoms with van der Waals surface area (Å²) in [6.07, 6.45) is 3.52. The Bertz CT molecular complexity index is 540. The SMILES string of the molecule is CCCNC(=O)NC1CCN(C(=O)CCc2ccc(F)cc2)CC1. The zero-order valence-electron chi connectivity index (χ0n) is 14.2. The van der Waals surface area contributed by atoms with E-state index >= 15 is 0 Å². The van der Waals surface area contributed by atoms with E-state index in [1.807, 2.05) is 11.8 Å². The topological polar surface area (TPSA) is 61.4 Å². The van der Waals surface area contributed by atoms with Crippen molar-refractivity contribution >= 4 is 11.9 Å². The number of piperidine rings is 1. The third kappa shape index (κ3) is 5.83. The fourth-order valence-electron chi connectivity index (χ4n) is 2.81. The lowest BCUT2D eigenvalue weighted by atomic mass is 10.0. The Morgan fingerprint density at radius 3 is 2.50 bits per heavy atom. The molecule has 0 unspecified atom stereocenters. The number of likely N-dealkylation sites (tertiary alicyclic amines) is 1. The van der Waals surface area contributed by atoms with Gasteiger partial charge in [-0.1, -0.05) is 19.1 Å². The number of urea groups is 1. The highest BCUT2D eigenvalue weighted by Gasteiger charge is 2.23. The minimum atomic E-state index is -0.261. The molecule has 2 rings (SSSR count). The van der Waals surface area contributed by atoms with E-state index in [0.717, 1.165) is 24.8 Å². The van der Waals surface area contributed by atoms with Crippen LogP contribution in [0.5, 0.6) is 0 Å². The molecule has 1 aliphatic heterocycles. The van der Waals surface area contributed by atoms with Gasteiger partial charge in [-0.2, -0.15) is 0 Å². The molecule has 0 spiro atoms. The molecule has 24 heavy (non-hydrogen) atoms. The van der Waals surface area contributed by atoms with E-state index in [2.05, 4.69) is 10.6 Å². The quantitative estimate of drug-likeness (QED) is 0.839. The number of rotatable bonds is 6.